The summed E-state index contributed by atoms with van der Waals surface area (Å²) in [7, 11) is 0. The molecular weight excluding hydrogens is 298 g/mol. The number of amides is 1. The van der Waals surface area contributed by atoms with Crippen LogP contribution in [0.25, 0.3) is 0 Å². The number of benzene rings is 2. The summed E-state index contributed by atoms with van der Waals surface area (Å²) in [5, 5.41) is 0. The average Bonchev–Trinajstić information content (AvgIpc) is 2.47. The van der Waals surface area contributed by atoms with E-state index < -0.39 is 30.5 Å². The second-order valence-corrected chi connectivity index (χ2v) is 4.67. The van der Waals surface area contributed by atoms with Gasteiger partial charge in [0, 0.05) is 5.56 Å². The predicted molar refractivity (Wildman–Crippen MR) is 75.2 cm³/mol. The van der Waals surface area contributed by atoms with Crippen LogP contribution >= 0.6 is 0 Å². The van der Waals surface area contributed by atoms with Crippen molar-refractivity contribution in [1.29, 1.82) is 0 Å². The number of nitrogens with zero attached hydrogens (tertiary/aromatic N) is 1. The van der Waals surface area contributed by atoms with Crippen LogP contribution in [0, 0.1) is 18.6 Å². The maximum absolute atomic E-state index is 13.8. The van der Waals surface area contributed by atoms with E-state index in [1.165, 1.54) is 37.3 Å². The molecule has 116 valence electrons. The van der Waals surface area contributed by atoms with E-state index in [9.17, 15) is 22.4 Å². The molecular formula is C16H13F4NO. The zero-order chi connectivity index (χ0) is 16.3. The molecule has 0 fully saturated rings. The summed E-state index contributed by atoms with van der Waals surface area (Å²) in [6, 6.07) is 8.90. The van der Waals surface area contributed by atoms with Crippen molar-refractivity contribution in [2.45, 2.75) is 13.3 Å². The van der Waals surface area contributed by atoms with Gasteiger partial charge >= 0.3 is 0 Å². The molecule has 0 bridgehead atoms. The fourth-order valence-corrected chi connectivity index (χ4v) is 2.08. The lowest BCUT2D eigenvalue weighted by atomic mass is 10.1. The summed E-state index contributed by atoms with van der Waals surface area (Å²) in [5.41, 5.74) is -0.316. The summed E-state index contributed by atoms with van der Waals surface area (Å²) < 4.78 is 52.9. The highest BCUT2D eigenvalue weighted by molar-refractivity contribution is 6.07. The monoisotopic (exact) mass is 311 g/mol. The molecule has 2 aromatic rings. The van der Waals surface area contributed by atoms with Crippen molar-refractivity contribution < 1.29 is 22.4 Å². The number of hydrogen-bond acceptors (Lipinski definition) is 1. The first-order valence-corrected chi connectivity index (χ1v) is 6.51. The lowest BCUT2D eigenvalue weighted by Crippen LogP contribution is -2.36. The Bertz CT molecular complexity index is 688. The zero-order valence-corrected chi connectivity index (χ0v) is 11.7. The molecule has 0 aliphatic heterocycles. The SMILES string of the molecule is Cc1c(F)cccc1C(=O)N(CC(F)F)c1ccccc1F. The van der Waals surface area contributed by atoms with Crippen LogP contribution < -0.4 is 4.90 Å². The van der Waals surface area contributed by atoms with Gasteiger partial charge in [-0.15, -0.1) is 0 Å². The van der Waals surface area contributed by atoms with Crippen LogP contribution in [0.5, 0.6) is 0 Å². The van der Waals surface area contributed by atoms with Gasteiger partial charge < -0.3 is 0 Å². The molecule has 0 saturated carbocycles. The van der Waals surface area contributed by atoms with E-state index in [1.54, 1.807) is 0 Å². The number of para-hydroxylation sites is 1. The molecule has 2 aromatic carbocycles. The summed E-state index contributed by atoms with van der Waals surface area (Å²) in [6.45, 7) is 0.389. The normalized spacial score (nSPS) is 10.8. The molecule has 0 aliphatic rings. The number of halogens is 4. The Balaban J connectivity index is 2.48. The number of alkyl halides is 2. The van der Waals surface area contributed by atoms with E-state index in [2.05, 4.69) is 0 Å². The minimum Gasteiger partial charge on any atom is -0.300 e. The van der Waals surface area contributed by atoms with Crippen molar-refractivity contribution in [2.24, 2.45) is 0 Å². The van der Waals surface area contributed by atoms with Crippen LogP contribution in [0.2, 0.25) is 0 Å². The smallest absolute Gasteiger partial charge is 0.258 e. The minimum absolute atomic E-state index is 0.0307. The van der Waals surface area contributed by atoms with E-state index in [0.29, 0.717) is 4.90 Å². The van der Waals surface area contributed by atoms with Gasteiger partial charge in [0.15, 0.2) is 0 Å². The van der Waals surface area contributed by atoms with Crippen LogP contribution in [-0.4, -0.2) is 18.9 Å². The summed E-state index contributed by atoms with van der Waals surface area (Å²) in [5.74, 6) is -2.30. The molecule has 0 unspecified atom stereocenters. The Morgan fingerprint density at radius 3 is 2.32 bits per heavy atom. The van der Waals surface area contributed by atoms with Gasteiger partial charge in [0.2, 0.25) is 0 Å². The molecule has 0 aromatic heterocycles. The van der Waals surface area contributed by atoms with E-state index in [1.807, 2.05) is 0 Å². The van der Waals surface area contributed by atoms with Gasteiger partial charge in [-0.25, -0.2) is 17.6 Å². The summed E-state index contributed by atoms with van der Waals surface area (Å²) in [4.78, 5) is 13.1. The molecule has 2 rings (SSSR count). The standard InChI is InChI=1S/C16H13F4NO/c1-10-11(5-4-7-12(10)17)16(22)21(9-15(19)20)14-8-3-2-6-13(14)18/h2-8,15H,9H2,1H3. The van der Waals surface area contributed by atoms with Gasteiger partial charge in [-0.1, -0.05) is 18.2 Å². The van der Waals surface area contributed by atoms with Crippen molar-refractivity contribution >= 4 is 11.6 Å². The fourth-order valence-electron chi connectivity index (χ4n) is 2.08. The minimum atomic E-state index is -2.85. The number of anilines is 1. The Kier molecular flexibility index (Phi) is 4.80. The molecule has 0 saturated heterocycles. The molecule has 0 aliphatic carbocycles. The molecule has 0 heterocycles. The Morgan fingerprint density at radius 2 is 1.68 bits per heavy atom. The molecule has 22 heavy (non-hydrogen) atoms. The fraction of sp³-hybridized carbons (Fsp3) is 0.188. The van der Waals surface area contributed by atoms with Crippen molar-refractivity contribution in [3.8, 4) is 0 Å². The topological polar surface area (TPSA) is 20.3 Å². The zero-order valence-electron chi connectivity index (χ0n) is 11.7. The van der Waals surface area contributed by atoms with Gasteiger partial charge in [0.05, 0.1) is 12.2 Å². The van der Waals surface area contributed by atoms with Crippen LogP contribution in [0.3, 0.4) is 0 Å². The van der Waals surface area contributed by atoms with Crippen LogP contribution in [0.4, 0.5) is 23.2 Å². The highest BCUT2D eigenvalue weighted by Gasteiger charge is 2.25. The second kappa shape index (κ2) is 6.60. The third kappa shape index (κ3) is 3.27. The molecule has 0 N–H and O–H groups in total. The van der Waals surface area contributed by atoms with Gasteiger partial charge in [-0.2, -0.15) is 0 Å². The lowest BCUT2D eigenvalue weighted by molar-refractivity contribution is 0.0943. The maximum atomic E-state index is 13.8. The van der Waals surface area contributed by atoms with E-state index in [4.69, 9.17) is 0 Å². The second-order valence-electron chi connectivity index (χ2n) is 4.67. The predicted octanol–water partition coefficient (Wildman–Crippen LogP) is 4.19. The van der Waals surface area contributed by atoms with E-state index in [0.717, 1.165) is 12.1 Å². The first kappa shape index (κ1) is 16.0. The molecule has 0 atom stereocenters. The average molecular weight is 311 g/mol. The summed E-state index contributed by atoms with van der Waals surface area (Å²) >= 11 is 0. The Labute approximate surface area is 125 Å². The maximum Gasteiger partial charge on any atom is 0.258 e. The van der Waals surface area contributed by atoms with E-state index in [-0.39, 0.29) is 16.8 Å². The van der Waals surface area contributed by atoms with Crippen molar-refractivity contribution in [3.63, 3.8) is 0 Å². The van der Waals surface area contributed by atoms with Gasteiger partial charge in [0.25, 0.3) is 12.3 Å². The van der Waals surface area contributed by atoms with Crippen molar-refractivity contribution in [1.82, 2.24) is 0 Å². The quantitative estimate of drug-likeness (QED) is 0.776. The molecule has 6 heteroatoms. The van der Waals surface area contributed by atoms with Gasteiger partial charge in [-0.05, 0) is 36.8 Å². The number of hydrogen-bond donors (Lipinski definition) is 0. The highest BCUT2D eigenvalue weighted by Crippen LogP contribution is 2.24. The van der Waals surface area contributed by atoms with Gasteiger partial charge in [-0.3, -0.25) is 9.69 Å². The van der Waals surface area contributed by atoms with Crippen molar-refractivity contribution in [2.75, 3.05) is 11.4 Å². The largest absolute Gasteiger partial charge is 0.300 e. The van der Waals surface area contributed by atoms with E-state index >= 15 is 0 Å². The third-order valence-corrected chi connectivity index (χ3v) is 3.21. The Morgan fingerprint density at radius 1 is 1.05 bits per heavy atom. The van der Waals surface area contributed by atoms with Crippen molar-refractivity contribution in [3.05, 3.63) is 65.2 Å². The molecule has 2 nitrogen and oxygen atoms in total. The first-order valence-electron chi connectivity index (χ1n) is 6.51. The molecule has 1 amide bonds. The van der Waals surface area contributed by atoms with Crippen LogP contribution in [0.1, 0.15) is 15.9 Å². The number of carbonyl (C=O) groups is 1. The number of rotatable bonds is 4. The number of carbonyl (C=O) groups excluding carboxylic acids is 1. The molecule has 0 radical (unpaired) electrons. The highest BCUT2D eigenvalue weighted by atomic mass is 19.3. The third-order valence-electron chi connectivity index (χ3n) is 3.21. The first-order chi connectivity index (χ1) is 10.4. The Hall–Kier alpha value is -2.37. The molecule has 0 spiro atoms. The summed E-state index contributed by atoms with van der Waals surface area (Å²) in [6.07, 6.45) is -2.85. The van der Waals surface area contributed by atoms with Gasteiger partial charge in [0.1, 0.15) is 11.6 Å². The lowest BCUT2D eigenvalue weighted by Gasteiger charge is -2.23. The van der Waals surface area contributed by atoms with Crippen LogP contribution in [0.15, 0.2) is 42.5 Å². The van der Waals surface area contributed by atoms with Crippen LogP contribution in [-0.2, 0) is 0 Å².